The summed E-state index contributed by atoms with van der Waals surface area (Å²) in [6.07, 6.45) is 6.43. The number of phenolic OH excluding ortho intramolecular Hbond substituents is 1. The van der Waals surface area contributed by atoms with Gasteiger partial charge in [0.15, 0.2) is 0 Å². The van der Waals surface area contributed by atoms with Gasteiger partial charge in [0.2, 0.25) is 17.8 Å². The molecule has 12 heteroatoms. The summed E-state index contributed by atoms with van der Waals surface area (Å²) in [5.41, 5.74) is 1.97. The SMILES string of the molecule is CC.CCC.CCC.CNc1nc(Nc2ccc(O)cc2)nc(Nc2ccc(C(=O)NCCCCCCC(=O)OC)cc2)n1.COC. The van der Waals surface area contributed by atoms with Crippen molar-refractivity contribution in [2.24, 2.45) is 0 Å². The largest absolute Gasteiger partial charge is 0.508 e. The molecule has 0 saturated heterocycles. The van der Waals surface area contributed by atoms with Crippen LogP contribution in [0.1, 0.15) is 96.8 Å². The van der Waals surface area contributed by atoms with Crippen LogP contribution in [0.4, 0.5) is 29.2 Å². The van der Waals surface area contributed by atoms with Gasteiger partial charge in [0.05, 0.1) is 7.11 Å². The summed E-state index contributed by atoms with van der Waals surface area (Å²) in [6.45, 7) is 13.1. The number of nitrogens with one attached hydrogen (secondary N) is 4. The van der Waals surface area contributed by atoms with Gasteiger partial charge < -0.3 is 35.8 Å². The molecule has 264 valence electrons. The first-order valence-corrected chi connectivity index (χ1v) is 16.3. The molecule has 0 unspecified atom stereocenters. The third-order valence-corrected chi connectivity index (χ3v) is 5.21. The maximum absolute atomic E-state index is 12.4. The number of anilines is 5. The Morgan fingerprint density at radius 2 is 1.13 bits per heavy atom. The molecule has 3 rings (SSSR count). The van der Waals surface area contributed by atoms with Gasteiger partial charge in [-0.05, 0) is 61.4 Å². The topological polar surface area (TPSA) is 160 Å². The fourth-order valence-electron chi connectivity index (χ4n) is 3.26. The van der Waals surface area contributed by atoms with Crippen molar-refractivity contribution in [2.75, 3.05) is 50.9 Å². The Kier molecular flexibility index (Phi) is 28.7. The van der Waals surface area contributed by atoms with E-state index in [9.17, 15) is 14.7 Å². The molecule has 0 fully saturated rings. The lowest BCUT2D eigenvalue weighted by Crippen LogP contribution is -2.24. The van der Waals surface area contributed by atoms with Crippen LogP contribution >= 0.6 is 0 Å². The van der Waals surface area contributed by atoms with Crippen LogP contribution in [0.5, 0.6) is 5.75 Å². The number of hydrogen-bond acceptors (Lipinski definition) is 11. The van der Waals surface area contributed by atoms with E-state index < -0.39 is 0 Å². The number of ether oxygens (including phenoxy) is 2. The molecule has 1 amide bonds. The van der Waals surface area contributed by atoms with Gasteiger partial charge in [0, 0.05) is 51.2 Å². The van der Waals surface area contributed by atoms with Crippen LogP contribution in [0.25, 0.3) is 0 Å². The number of methoxy groups -OCH3 is 2. The highest BCUT2D eigenvalue weighted by atomic mass is 16.5. The number of rotatable bonds is 13. The zero-order valence-corrected chi connectivity index (χ0v) is 30.2. The number of phenols is 1. The summed E-state index contributed by atoms with van der Waals surface area (Å²) in [5.74, 6) is 0.845. The normalized spacial score (nSPS) is 9.23. The molecule has 3 aromatic rings. The predicted octanol–water partition coefficient (Wildman–Crippen LogP) is 8.08. The molecule has 0 spiro atoms. The summed E-state index contributed by atoms with van der Waals surface area (Å²) in [5, 5.41) is 21.4. The lowest BCUT2D eigenvalue weighted by Gasteiger charge is -2.11. The molecule has 47 heavy (non-hydrogen) atoms. The highest BCUT2D eigenvalue weighted by Crippen LogP contribution is 2.20. The van der Waals surface area contributed by atoms with E-state index in [1.807, 2.05) is 13.8 Å². The van der Waals surface area contributed by atoms with E-state index in [-0.39, 0.29) is 17.6 Å². The average Bonchev–Trinajstić information content (AvgIpc) is 3.07. The minimum Gasteiger partial charge on any atom is -0.508 e. The van der Waals surface area contributed by atoms with Gasteiger partial charge >= 0.3 is 5.97 Å². The Morgan fingerprint density at radius 3 is 1.57 bits per heavy atom. The molecule has 0 bridgehead atoms. The summed E-state index contributed by atoms with van der Waals surface area (Å²) in [6, 6.07) is 13.5. The van der Waals surface area contributed by atoms with E-state index in [1.54, 1.807) is 69.8 Å². The molecule has 0 aliphatic heterocycles. The van der Waals surface area contributed by atoms with E-state index >= 15 is 0 Å². The fourth-order valence-corrected chi connectivity index (χ4v) is 3.26. The van der Waals surface area contributed by atoms with Crippen LogP contribution in [0.2, 0.25) is 0 Å². The van der Waals surface area contributed by atoms with Crippen LogP contribution in [-0.2, 0) is 14.3 Å². The third-order valence-electron chi connectivity index (χ3n) is 5.21. The van der Waals surface area contributed by atoms with E-state index in [2.05, 4.69) is 73.4 Å². The molecule has 0 saturated carbocycles. The van der Waals surface area contributed by atoms with E-state index in [0.29, 0.717) is 47.7 Å². The van der Waals surface area contributed by atoms with Gasteiger partial charge in [-0.15, -0.1) is 0 Å². The van der Waals surface area contributed by atoms with Crippen LogP contribution in [0, 0.1) is 0 Å². The summed E-state index contributed by atoms with van der Waals surface area (Å²) >= 11 is 0. The Labute approximate surface area is 282 Å². The average molecular weight is 658 g/mol. The van der Waals surface area contributed by atoms with E-state index in [4.69, 9.17) is 0 Å². The lowest BCUT2D eigenvalue weighted by molar-refractivity contribution is -0.140. The molecule has 0 aliphatic carbocycles. The van der Waals surface area contributed by atoms with Crippen molar-refractivity contribution in [2.45, 2.75) is 86.5 Å². The first kappa shape index (κ1) is 44.7. The second-order valence-corrected chi connectivity index (χ2v) is 9.75. The summed E-state index contributed by atoms with van der Waals surface area (Å²) in [4.78, 5) is 36.5. The highest BCUT2D eigenvalue weighted by Gasteiger charge is 2.09. The zero-order valence-electron chi connectivity index (χ0n) is 30.2. The molecular weight excluding hydrogens is 598 g/mol. The van der Waals surface area contributed by atoms with Crippen molar-refractivity contribution in [3.05, 3.63) is 54.1 Å². The van der Waals surface area contributed by atoms with Crippen LogP contribution in [-0.4, -0.2) is 66.9 Å². The molecule has 0 atom stereocenters. The van der Waals surface area contributed by atoms with Gasteiger partial charge in [-0.1, -0.05) is 67.2 Å². The second-order valence-electron chi connectivity index (χ2n) is 9.75. The molecule has 0 radical (unpaired) electrons. The standard InChI is InChI=1S/C25H31N7O4.2C3H8.C2H6O.C2H6/c1-26-23-30-24(32-25(31-23)29-19-12-14-20(33)15-13-19)28-18-10-8-17(9-11-18)22(35)27-16-6-4-3-5-7-21(34)36-2;3*1-3-2;1-2/h8-15,33H,3-7,16H2,1-2H3,(H,27,35)(H3,26,28,29,30,31,32);2*3H2,1-2H3;1-2H3;1-2H3. The van der Waals surface area contributed by atoms with Gasteiger partial charge in [-0.2, -0.15) is 15.0 Å². The Morgan fingerprint density at radius 1 is 0.702 bits per heavy atom. The predicted molar refractivity (Wildman–Crippen MR) is 194 cm³/mol. The van der Waals surface area contributed by atoms with Crippen molar-refractivity contribution >= 4 is 41.1 Å². The van der Waals surface area contributed by atoms with Crippen molar-refractivity contribution in [1.82, 2.24) is 20.3 Å². The van der Waals surface area contributed by atoms with Crippen LogP contribution in [0.3, 0.4) is 0 Å². The van der Waals surface area contributed by atoms with Crippen LogP contribution in [0.15, 0.2) is 48.5 Å². The number of aromatic nitrogens is 3. The number of nitrogens with zero attached hydrogens (tertiary/aromatic N) is 3. The fraction of sp³-hybridized carbons (Fsp3) is 0.514. The van der Waals surface area contributed by atoms with Crippen molar-refractivity contribution in [1.29, 1.82) is 0 Å². The number of aromatic hydroxyl groups is 1. The monoisotopic (exact) mass is 657 g/mol. The molecular formula is C35H59N7O5. The maximum Gasteiger partial charge on any atom is 0.305 e. The molecule has 1 heterocycles. The van der Waals surface area contributed by atoms with Crippen molar-refractivity contribution < 1.29 is 24.2 Å². The summed E-state index contributed by atoms with van der Waals surface area (Å²) < 4.78 is 8.87. The quantitative estimate of drug-likeness (QED) is 0.0687. The number of carbonyl (C=O) groups is 2. The Hall–Kier alpha value is -4.45. The zero-order chi connectivity index (χ0) is 35.9. The van der Waals surface area contributed by atoms with Gasteiger partial charge in [0.25, 0.3) is 5.91 Å². The Bertz CT molecular complexity index is 1190. The number of carbonyl (C=O) groups excluding carboxylic acids is 2. The number of amides is 1. The highest BCUT2D eigenvalue weighted by molar-refractivity contribution is 5.94. The minimum absolute atomic E-state index is 0.144. The first-order valence-electron chi connectivity index (χ1n) is 16.3. The number of unbranched alkanes of at least 4 members (excludes halogenated alkanes) is 3. The van der Waals surface area contributed by atoms with Crippen LogP contribution < -0.4 is 21.3 Å². The Balaban J connectivity index is 0. The van der Waals surface area contributed by atoms with Gasteiger partial charge in [0.1, 0.15) is 5.75 Å². The number of esters is 1. The van der Waals surface area contributed by atoms with Crippen molar-refractivity contribution in [3.63, 3.8) is 0 Å². The summed E-state index contributed by atoms with van der Waals surface area (Å²) in [7, 11) is 6.35. The molecule has 0 aliphatic rings. The number of hydrogen-bond donors (Lipinski definition) is 5. The molecule has 12 nitrogen and oxygen atoms in total. The molecule has 2 aromatic carbocycles. The van der Waals surface area contributed by atoms with Crippen molar-refractivity contribution in [3.8, 4) is 5.75 Å². The maximum atomic E-state index is 12.4. The first-order chi connectivity index (χ1) is 22.7. The van der Waals surface area contributed by atoms with Gasteiger partial charge in [-0.3, -0.25) is 9.59 Å². The second kappa shape index (κ2) is 30.2. The van der Waals surface area contributed by atoms with E-state index in [1.165, 1.54) is 20.0 Å². The third kappa shape index (κ3) is 22.7. The molecule has 1 aromatic heterocycles. The smallest absolute Gasteiger partial charge is 0.305 e. The minimum atomic E-state index is -0.189. The van der Waals surface area contributed by atoms with Gasteiger partial charge in [-0.25, -0.2) is 0 Å². The lowest BCUT2D eigenvalue weighted by atomic mass is 10.1. The molecule has 5 N–H and O–H groups in total. The van der Waals surface area contributed by atoms with E-state index in [0.717, 1.165) is 25.7 Å². The number of benzene rings is 2.